The lowest BCUT2D eigenvalue weighted by Crippen LogP contribution is -2.01. The Labute approximate surface area is 126 Å². The van der Waals surface area contributed by atoms with Gasteiger partial charge in [0.05, 0.1) is 17.8 Å². The van der Waals surface area contributed by atoms with Crippen LogP contribution in [0.15, 0.2) is 53.7 Å². The number of nitriles is 1. The predicted octanol–water partition coefficient (Wildman–Crippen LogP) is 3.71. The highest BCUT2D eigenvalue weighted by atomic mass is 19.3. The molecule has 0 amide bonds. The molecule has 2 aromatic rings. The molecule has 0 aromatic heterocycles. The van der Waals surface area contributed by atoms with E-state index in [1.54, 1.807) is 36.4 Å². The molecule has 6 heteroatoms. The van der Waals surface area contributed by atoms with E-state index in [1.807, 2.05) is 6.07 Å². The van der Waals surface area contributed by atoms with Crippen LogP contribution in [-0.2, 0) is 11.4 Å². The summed E-state index contributed by atoms with van der Waals surface area (Å²) < 4.78 is 28.2. The number of hydrogen-bond donors (Lipinski definition) is 0. The van der Waals surface area contributed by atoms with Crippen LogP contribution in [0.2, 0.25) is 0 Å². The van der Waals surface area contributed by atoms with E-state index >= 15 is 0 Å². The first-order chi connectivity index (χ1) is 10.7. The molecule has 0 saturated carbocycles. The monoisotopic (exact) mass is 302 g/mol. The van der Waals surface area contributed by atoms with E-state index in [0.717, 1.165) is 5.56 Å². The summed E-state index contributed by atoms with van der Waals surface area (Å²) in [4.78, 5) is 5.13. The minimum atomic E-state index is -2.84. The number of rotatable bonds is 6. The SMILES string of the molecule is N#Cc1ccc(CO/N=C/c2ccc(OC(F)F)cc2)cc1. The summed E-state index contributed by atoms with van der Waals surface area (Å²) in [5.41, 5.74) is 2.16. The lowest BCUT2D eigenvalue weighted by Gasteiger charge is -2.03. The third-order valence-corrected chi connectivity index (χ3v) is 2.70. The van der Waals surface area contributed by atoms with Crippen molar-refractivity contribution in [1.29, 1.82) is 5.26 Å². The Morgan fingerprint density at radius 2 is 1.77 bits per heavy atom. The molecule has 2 aromatic carbocycles. The molecular formula is C16H12F2N2O2. The van der Waals surface area contributed by atoms with Crippen molar-refractivity contribution in [2.24, 2.45) is 5.16 Å². The van der Waals surface area contributed by atoms with Crippen molar-refractivity contribution in [3.05, 3.63) is 65.2 Å². The van der Waals surface area contributed by atoms with Gasteiger partial charge in [-0.05, 0) is 47.5 Å². The first kappa shape index (κ1) is 15.4. The molecule has 0 unspecified atom stereocenters. The molecule has 0 aliphatic rings. The fourth-order valence-corrected chi connectivity index (χ4v) is 1.62. The molecular weight excluding hydrogens is 290 g/mol. The lowest BCUT2D eigenvalue weighted by atomic mass is 10.2. The van der Waals surface area contributed by atoms with Crippen molar-refractivity contribution in [2.45, 2.75) is 13.2 Å². The molecule has 0 radical (unpaired) electrons. The van der Waals surface area contributed by atoms with E-state index in [9.17, 15) is 8.78 Å². The van der Waals surface area contributed by atoms with Crippen LogP contribution in [0.3, 0.4) is 0 Å². The minimum Gasteiger partial charge on any atom is -0.435 e. The Morgan fingerprint density at radius 3 is 2.36 bits per heavy atom. The summed E-state index contributed by atoms with van der Waals surface area (Å²) in [7, 11) is 0. The molecule has 0 saturated heterocycles. The van der Waals surface area contributed by atoms with Crippen molar-refractivity contribution >= 4 is 6.21 Å². The Morgan fingerprint density at radius 1 is 1.09 bits per heavy atom. The molecule has 0 spiro atoms. The van der Waals surface area contributed by atoms with Gasteiger partial charge in [0.2, 0.25) is 0 Å². The average molecular weight is 302 g/mol. The van der Waals surface area contributed by atoms with Gasteiger partial charge in [0.25, 0.3) is 0 Å². The number of ether oxygens (including phenoxy) is 1. The van der Waals surface area contributed by atoms with Crippen molar-refractivity contribution in [3.8, 4) is 11.8 Å². The molecule has 0 aliphatic heterocycles. The van der Waals surface area contributed by atoms with E-state index in [2.05, 4.69) is 9.89 Å². The molecule has 0 bridgehead atoms. The fraction of sp³-hybridized carbons (Fsp3) is 0.125. The molecule has 0 fully saturated rings. The van der Waals surface area contributed by atoms with Crippen LogP contribution in [0.25, 0.3) is 0 Å². The third kappa shape index (κ3) is 4.87. The van der Waals surface area contributed by atoms with E-state index in [1.165, 1.54) is 18.3 Å². The van der Waals surface area contributed by atoms with Crippen molar-refractivity contribution < 1.29 is 18.4 Å². The smallest absolute Gasteiger partial charge is 0.387 e. The normalized spacial score (nSPS) is 10.6. The molecule has 22 heavy (non-hydrogen) atoms. The summed E-state index contributed by atoms with van der Waals surface area (Å²) in [6, 6.07) is 15.0. The zero-order chi connectivity index (χ0) is 15.8. The van der Waals surface area contributed by atoms with E-state index in [4.69, 9.17) is 10.1 Å². The van der Waals surface area contributed by atoms with Gasteiger partial charge < -0.3 is 9.57 Å². The second-order valence-electron chi connectivity index (χ2n) is 4.26. The summed E-state index contributed by atoms with van der Waals surface area (Å²) in [5.74, 6) is 0.0886. The molecule has 0 heterocycles. The second kappa shape index (κ2) is 7.74. The summed E-state index contributed by atoms with van der Waals surface area (Å²) in [6.07, 6.45) is 1.47. The zero-order valence-electron chi connectivity index (χ0n) is 11.4. The van der Waals surface area contributed by atoms with Crippen LogP contribution in [0.5, 0.6) is 5.75 Å². The van der Waals surface area contributed by atoms with Crippen LogP contribution in [0.1, 0.15) is 16.7 Å². The standard InChI is InChI=1S/C16H12F2N2O2/c17-16(18)22-15-7-5-13(6-8-15)10-20-21-11-14-3-1-12(9-19)2-4-14/h1-8,10,16H,11H2/b20-10+. The van der Waals surface area contributed by atoms with Crippen LogP contribution < -0.4 is 4.74 Å². The Bertz CT molecular complexity index is 662. The highest BCUT2D eigenvalue weighted by Crippen LogP contribution is 2.14. The Hall–Kier alpha value is -2.94. The first-order valence-corrected chi connectivity index (χ1v) is 6.36. The first-order valence-electron chi connectivity index (χ1n) is 6.36. The van der Waals surface area contributed by atoms with Crippen molar-refractivity contribution in [1.82, 2.24) is 0 Å². The summed E-state index contributed by atoms with van der Waals surface area (Å²) >= 11 is 0. The fourth-order valence-electron chi connectivity index (χ4n) is 1.62. The van der Waals surface area contributed by atoms with E-state index in [0.29, 0.717) is 11.1 Å². The van der Waals surface area contributed by atoms with Gasteiger partial charge in [-0.25, -0.2) is 0 Å². The van der Waals surface area contributed by atoms with Crippen molar-refractivity contribution in [3.63, 3.8) is 0 Å². The maximum absolute atomic E-state index is 12.0. The summed E-state index contributed by atoms with van der Waals surface area (Å²) in [6.45, 7) is -2.57. The quantitative estimate of drug-likeness (QED) is 0.604. The Balaban J connectivity index is 1.83. The molecule has 4 nitrogen and oxygen atoms in total. The number of oxime groups is 1. The van der Waals surface area contributed by atoms with Gasteiger partial charge >= 0.3 is 6.61 Å². The van der Waals surface area contributed by atoms with E-state index < -0.39 is 6.61 Å². The van der Waals surface area contributed by atoms with Gasteiger partial charge in [0.15, 0.2) is 0 Å². The number of hydrogen-bond acceptors (Lipinski definition) is 4. The van der Waals surface area contributed by atoms with Gasteiger partial charge in [-0.2, -0.15) is 14.0 Å². The topological polar surface area (TPSA) is 54.6 Å². The number of nitrogens with zero attached hydrogens (tertiary/aromatic N) is 2. The zero-order valence-corrected chi connectivity index (χ0v) is 11.4. The summed E-state index contributed by atoms with van der Waals surface area (Å²) in [5, 5.41) is 12.5. The maximum atomic E-state index is 12.0. The second-order valence-corrected chi connectivity index (χ2v) is 4.26. The van der Waals surface area contributed by atoms with Gasteiger partial charge in [0, 0.05) is 0 Å². The van der Waals surface area contributed by atoms with Crippen LogP contribution in [-0.4, -0.2) is 12.8 Å². The highest BCUT2D eigenvalue weighted by molar-refractivity contribution is 5.79. The van der Waals surface area contributed by atoms with Gasteiger partial charge in [0.1, 0.15) is 12.4 Å². The van der Waals surface area contributed by atoms with Gasteiger partial charge in [-0.3, -0.25) is 0 Å². The maximum Gasteiger partial charge on any atom is 0.387 e. The van der Waals surface area contributed by atoms with Gasteiger partial charge in [-0.15, -0.1) is 0 Å². The number of halogens is 2. The third-order valence-electron chi connectivity index (χ3n) is 2.70. The largest absolute Gasteiger partial charge is 0.435 e. The van der Waals surface area contributed by atoms with Crippen LogP contribution in [0.4, 0.5) is 8.78 Å². The van der Waals surface area contributed by atoms with Gasteiger partial charge in [-0.1, -0.05) is 17.3 Å². The Kier molecular flexibility index (Phi) is 5.44. The van der Waals surface area contributed by atoms with Crippen LogP contribution >= 0.6 is 0 Å². The minimum absolute atomic E-state index is 0.0886. The number of benzene rings is 2. The molecule has 0 N–H and O–H groups in total. The predicted molar refractivity (Wildman–Crippen MR) is 76.6 cm³/mol. The molecule has 0 atom stereocenters. The highest BCUT2D eigenvalue weighted by Gasteiger charge is 2.02. The molecule has 112 valence electrons. The molecule has 0 aliphatic carbocycles. The van der Waals surface area contributed by atoms with E-state index in [-0.39, 0.29) is 12.4 Å². The van der Waals surface area contributed by atoms with Crippen LogP contribution in [0, 0.1) is 11.3 Å². The average Bonchev–Trinajstić information content (AvgIpc) is 2.53. The van der Waals surface area contributed by atoms with Crippen molar-refractivity contribution in [2.75, 3.05) is 0 Å². The molecule has 2 rings (SSSR count). The lowest BCUT2D eigenvalue weighted by molar-refractivity contribution is -0.0498. The number of alkyl halides is 2.